The van der Waals surface area contributed by atoms with Gasteiger partial charge >= 0.3 is 6.03 Å². The van der Waals surface area contributed by atoms with Gasteiger partial charge in [-0.25, -0.2) is 14.2 Å². The molecule has 0 aliphatic carbocycles. The van der Waals surface area contributed by atoms with Gasteiger partial charge in [0.05, 0.1) is 16.8 Å². The summed E-state index contributed by atoms with van der Waals surface area (Å²) in [4.78, 5) is 36.8. The van der Waals surface area contributed by atoms with Crippen LogP contribution in [0.1, 0.15) is 23.2 Å². The smallest absolute Gasteiger partial charge is 0.319 e. The van der Waals surface area contributed by atoms with Crippen molar-refractivity contribution in [3.05, 3.63) is 90.5 Å². The van der Waals surface area contributed by atoms with Gasteiger partial charge < -0.3 is 15.5 Å². The van der Waals surface area contributed by atoms with Crippen molar-refractivity contribution in [3.8, 4) is 11.3 Å². The first kappa shape index (κ1) is 23.4. The maximum atomic E-state index is 13.7. The van der Waals surface area contributed by atoms with Crippen molar-refractivity contribution in [1.29, 1.82) is 0 Å². The highest BCUT2D eigenvalue weighted by Crippen LogP contribution is 2.27. The van der Waals surface area contributed by atoms with Gasteiger partial charge in [-0.2, -0.15) is 0 Å². The van der Waals surface area contributed by atoms with Crippen LogP contribution < -0.4 is 10.6 Å². The van der Waals surface area contributed by atoms with Gasteiger partial charge in [-0.3, -0.25) is 9.78 Å². The molecule has 2 aromatic carbocycles. The minimum atomic E-state index is -0.412. The third kappa shape index (κ3) is 5.33. The van der Waals surface area contributed by atoms with Gasteiger partial charge in [-0.1, -0.05) is 24.3 Å². The molecule has 2 aromatic heterocycles. The van der Waals surface area contributed by atoms with Crippen molar-refractivity contribution >= 4 is 28.5 Å². The molecule has 1 atom stereocenters. The van der Waals surface area contributed by atoms with Gasteiger partial charge in [0.1, 0.15) is 5.82 Å². The molecule has 3 amide bonds. The summed E-state index contributed by atoms with van der Waals surface area (Å²) in [6, 6.07) is 18.6. The Balaban J connectivity index is 1.29. The topological polar surface area (TPSA) is 87.2 Å². The lowest BCUT2D eigenvalue weighted by Crippen LogP contribution is -2.44. The quantitative estimate of drug-likeness (QED) is 0.413. The lowest BCUT2D eigenvalue weighted by atomic mass is 9.96. The van der Waals surface area contributed by atoms with E-state index in [2.05, 4.69) is 15.6 Å². The summed E-state index contributed by atoms with van der Waals surface area (Å²) in [6.45, 7) is 1.62. The van der Waals surface area contributed by atoms with Crippen LogP contribution in [-0.4, -0.2) is 46.4 Å². The number of hydrogen-bond acceptors (Lipinski definition) is 4. The second kappa shape index (κ2) is 10.5. The number of urea groups is 1. The highest BCUT2D eigenvalue weighted by Gasteiger charge is 2.26. The first-order chi connectivity index (χ1) is 17.6. The fourth-order valence-corrected chi connectivity index (χ4v) is 4.58. The molecule has 0 saturated carbocycles. The van der Waals surface area contributed by atoms with E-state index in [4.69, 9.17) is 4.98 Å². The van der Waals surface area contributed by atoms with Crippen molar-refractivity contribution in [2.75, 3.05) is 25.0 Å². The summed E-state index contributed by atoms with van der Waals surface area (Å²) < 4.78 is 13.4. The number of halogens is 1. The van der Waals surface area contributed by atoms with Gasteiger partial charge in [0.15, 0.2) is 0 Å². The highest BCUT2D eigenvalue weighted by molar-refractivity contribution is 6.07. The van der Waals surface area contributed by atoms with Crippen molar-refractivity contribution in [1.82, 2.24) is 20.2 Å². The number of nitrogens with zero attached hydrogens (tertiary/aromatic N) is 3. The Bertz CT molecular complexity index is 1400. The Morgan fingerprint density at radius 3 is 2.78 bits per heavy atom. The first-order valence-corrected chi connectivity index (χ1v) is 12.0. The number of aromatic nitrogens is 2. The van der Waals surface area contributed by atoms with E-state index in [0.717, 1.165) is 29.3 Å². The number of para-hydroxylation sites is 1. The largest absolute Gasteiger partial charge is 0.338 e. The van der Waals surface area contributed by atoms with E-state index in [1.165, 1.54) is 18.2 Å². The molecule has 1 fully saturated rings. The second-order valence-corrected chi connectivity index (χ2v) is 8.92. The van der Waals surface area contributed by atoms with Gasteiger partial charge in [-0.05, 0) is 61.2 Å². The molecule has 0 radical (unpaired) electrons. The molecule has 3 heterocycles. The number of nitrogens with one attached hydrogen (secondary N) is 2. The molecule has 1 saturated heterocycles. The van der Waals surface area contributed by atoms with Crippen LogP contribution in [-0.2, 0) is 0 Å². The molecule has 182 valence electrons. The van der Waals surface area contributed by atoms with E-state index in [1.807, 2.05) is 47.4 Å². The summed E-state index contributed by atoms with van der Waals surface area (Å²) in [5, 5.41) is 6.30. The van der Waals surface area contributed by atoms with E-state index < -0.39 is 11.8 Å². The van der Waals surface area contributed by atoms with Gasteiger partial charge in [-0.15, -0.1) is 0 Å². The molecule has 1 aliphatic heterocycles. The lowest BCUT2D eigenvalue weighted by molar-refractivity contribution is 0.0677. The number of hydrogen-bond donors (Lipinski definition) is 2. The number of amides is 3. The Hall–Kier alpha value is -4.33. The molecule has 1 aliphatic rings. The number of pyridine rings is 2. The van der Waals surface area contributed by atoms with Crippen LogP contribution in [0.5, 0.6) is 0 Å². The monoisotopic (exact) mass is 483 g/mol. The van der Waals surface area contributed by atoms with E-state index in [-0.39, 0.29) is 11.8 Å². The van der Waals surface area contributed by atoms with Crippen LogP contribution in [0.2, 0.25) is 0 Å². The average Bonchev–Trinajstić information content (AvgIpc) is 2.91. The van der Waals surface area contributed by atoms with Crippen molar-refractivity contribution in [3.63, 3.8) is 0 Å². The van der Waals surface area contributed by atoms with Gasteiger partial charge in [0.25, 0.3) is 5.91 Å². The molecule has 0 spiro atoms. The molecule has 7 nitrogen and oxygen atoms in total. The van der Waals surface area contributed by atoms with Gasteiger partial charge in [0, 0.05) is 48.7 Å². The van der Waals surface area contributed by atoms with E-state index in [9.17, 15) is 14.0 Å². The van der Waals surface area contributed by atoms with Crippen LogP contribution in [0.4, 0.5) is 14.9 Å². The minimum Gasteiger partial charge on any atom is -0.338 e. The van der Waals surface area contributed by atoms with Crippen LogP contribution in [0.3, 0.4) is 0 Å². The van der Waals surface area contributed by atoms with Crippen LogP contribution >= 0.6 is 0 Å². The van der Waals surface area contributed by atoms with E-state index in [1.54, 1.807) is 18.5 Å². The molecule has 4 aromatic rings. The molecule has 1 unspecified atom stereocenters. The zero-order valence-corrected chi connectivity index (χ0v) is 19.7. The number of carbonyl (C=O) groups is 2. The maximum absolute atomic E-state index is 13.7. The zero-order valence-electron chi connectivity index (χ0n) is 19.7. The number of rotatable bonds is 5. The predicted octanol–water partition coefficient (Wildman–Crippen LogP) is 5.11. The summed E-state index contributed by atoms with van der Waals surface area (Å²) in [5.74, 6) is -0.343. The lowest BCUT2D eigenvalue weighted by Gasteiger charge is -2.33. The van der Waals surface area contributed by atoms with E-state index in [0.29, 0.717) is 36.6 Å². The molecule has 0 bridgehead atoms. The first-order valence-electron chi connectivity index (χ1n) is 12.0. The average molecular weight is 484 g/mol. The fourth-order valence-electron chi connectivity index (χ4n) is 4.58. The molecule has 2 N–H and O–H groups in total. The number of fused-ring (bicyclic) bond motifs is 1. The maximum Gasteiger partial charge on any atom is 0.319 e. The summed E-state index contributed by atoms with van der Waals surface area (Å²) in [7, 11) is 0. The van der Waals surface area contributed by atoms with Crippen LogP contribution in [0.25, 0.3) is 22.2 Å². The third-order valence-corrected chi connectivity index (χ3v) is 6.34. The number of carbonyl (C=O) groups excluding carboxylic acids is 2. The SMILES string of the molecule is O=C(NCC1CCCN(C(=O)c2cc(-c3cccnc3)nc3ccccc23)C1)Nc1cccc(F)c1. The molecular weight excluding hydrogens is 457 g/mol. The Morgan fingerprint density at radius 1 is 1.06 bits per heavy atom. The molecule has 8 heteroatoms. The summed E-state index contributed by atoms with van der Waals surface area (Å²) >= 11 is 0. The van der Waals surface area contributed by atoms with E-state index >= 15 is 0 Å². The third-order valence-electron chi connectivity index (χ3n) is 6.34. The second-order valence-electron chi connectivity index (χ2n) is 8.92. The standard InChI is InChI=1S/C28H26FN5O2/c29-21-8-3-9-22(14-21)32-28(36)31-16-19-6-5-13-34(18-19)27(35)24-15-26(20-7-4-12-30-17-20)33-25-11-2-1-10-23(24)25/h1-4,7-12,14-15,17,19H,5-6,13,16,18H2,(H2,31,32,36). The number of anilines is 1. The Morgan fingerprint density at radius 2 is 1.94 bits per heavy atom. The van der Waals surface area contributed by atoms with Gasteiger partial charge in [0.2, 0.25) is 0 Å². The molecular formula is C28H26FN5O2. The Labute approximate surface area is 208 Å². The number of likely N-dealkylation sites (tertiary alicyclic amines) is 1. The van der Waals surface area contributed by atoms with Crippen molar-refractivity contribution < 1.29 is 14.0 Å². The fraction of sp³-hybridized carbons (Fsp3) is 0.214. The molecule has 36 heavy (non-hydrogen) atoms. The highest BCUT2D eigenvalue weighted by atomic mass is 19.1. The normalized spacial score (nSPS) is 15.5. The Kier molecular flexibility index (Phi) is 6.84. The molecule has 5 rings (SSSR count). The summed E-state index contributed by atoms with van der Waals surface area (Å²) in [6.07, 6.45) is 5.20. The predicted molar refractivity (Wildman–Crippen MR) is 137 cm³/mol. The van der Waals surface area contributed by atoms with Crippen LogP contribution in [0.15, 0.2) is 79.1 Å². The minimum absolute atomic E-state index is 0.0485. The zero-order chi connectivity index (χ0) is 24.9. The number of benzene rings is 2. The van der Waals surface area contributed by atoms with Crippen LogP contribution in [0, 0.1) is 11.7 Å². The number of piperidine rings is 1. The van der Waals surface area contributed by atoms with Crippen molar-refractivity contribution in [2.45, 2.75) is 12.8 Å². The van der Waals surface area contributed by atoms with Crippen molar-refractivity contribution in [2.24, 2.45) is 5.92 Å². The summed E-state index contributed by atoms with van der Waals surface area (Å²) in [5.41, 5.74) is 3.31.